The van der Waals surface area contributed by atoms with Crippen LogP contribution in [-0.2, 0) is 16.3 Å². The number of benzene rings is 1. The zero-order chi connectivity index (χ0) is 13.6. The molecule has 1 rings (SSSR count). The van der Waals surface area contributed by atoms with E-state index in [9.17, 15) is 12.8 Å². The average molecular weight is 273 g/mol. The molecule has 0 spiro atoms. The van der Waals surface area contributed by atoms with Crippen LogP contribution >= 0.6 is 0 Å². The fraction of sp³-hybridized carbons (Fsp3) is 0.538. The van der Waals surface area contributed by atoms with E-state index >= 15 is 0 Å². The molecule has 0 bridgehead atoms. The van der Waals surface area contributed by atoms with Crippen LogP contribution in [0.15, 0.2) is 24.3 Å². The lowest BCUT2D eigenvalue weighted by Gasteiger charge is -2.14. The largest absolute Gasteiger partial charge is 0.330 e. The third kappa shape index (κ3) is 6.12. The van der Waals surface area contributed by atoms with Gasteiger partial charge < -0.3 is 5.73 Å². The molecule has 102 valence electrons. The van der Waals surface area contributed by atoms with Crippen LogP contribution in [0.3, 0.4) is 0 Å². The molecule has 0 aromatic heterocycles. The Morgan fingerprint density at radius 2 is 1.89 bits per heavy atom. The second-order valence-corrected chi connectivity index (χ2v) is 6.96. The lowest BCUT2D eigenvalue weighted by molar-refractivity contribution is 0.485. The first-order valence-corrected chi connectivity index (χ1v) is 8.09. The minimum atomic E-state index is -2.90. The van der Waals surface area contributed by atoms with Gasteiger partial charge in [0.15, 0.2) is 0 Å². The molecular formula is C13H20FNO2S. The number of nitrogens with two attached hydrogens (primary N) is 1. The van der Waals surface area contributed by atoms with E-state index < -0.39 is 9.84 Å². The maximum Gasteiger partial charge on any atom is 0.147 e. The number of hydrogen-bond donors (Lipinski definition) is 1. The molecule has 0 fully saturated rings. The van der Waals surface area contributed by atoms with E-state index in [1.807, 2.05) is 0 Å². The van der Waals surface area contributed by atoms with Crippen molar-refractivity contribution < 1.29 is 12.8 Å². The predicted molar refractivity (Wildman–Crippen MR) is 71.6 cm³/mol. The monoisotopic (exact) mass is 273 g/mol. The Hall–Kier alpha value is -0.940. The molecule has 1 aromatic rings. The summed E-state index contributed by atoms with van der Waals surface area (Å²) >= 11 is 0. The van der Waals surface area contributed by atoms with Gasteiger partial charge in [-0.15, -0.1) is 0 Å². The fourth-order valence-electron chi connectivity index (χ4n) is 1.89. The van der Waals surface area contributed by atoms with Crippen LogP contribution in [0.5, 0.6) is 0 Å². The van der Waals surface area contributed by atoms with Gasteiger partial charge in [-0.2, -0.15) is 0 Å². The second kappa shape index (κ2) is 6.85. The first kappa shape index (κ1) is 15.1. The molecule has 5 heteroatoms. The molecule has 0 aliphatic heterocycles. The number of rotatable bonds is 7. The summed E-state index contributed by atoms with van der Waals surface area (Å²) in [5.41, 5.74) is 6.71. The molecule has 3 nitrogen and oxygen atoms in total. The van der Waals surface area contributed by atoms with Gasteiger partial charge in [-0.1, -0.05) is 12.1 Å². The van der Waals surface area contributed by atoms with Crippen LogP contribution in [0, 0.1) is 11.7 Å². The SMILES string of the molecule is CS(=O)(=O)CCCC(CN)Cc1ccc(F)cc1. The Labute approximate surface area is 108 Å². The Balaban J connectivity index is 2.44. The molecule has 0 aliphatic carbocycles. The van der Waals surface area contributed by atoms with Crippen molar-refractivity contribution in [2.24, 2.45) is 11.7 Å². The smallest absolute Gasteiger partial charge is 0.147 e. The van der Waals surface area contributed by atoms with Crippen LogP contribution in [0.4, 0.5) is 4.39 Å². The van der Waals surface area contributed by atoms with E-state index in [4.69, 9.17) is 5.73 Å². The summed E-state index contributed by atoms with van der Waals surface area (Å²) in [6.07, 6.45) is 3.41. The van der Waals surface area contributed by atoms with Crippen LogP contribution in [0.25, 0.3) is 0 Å². The first-order valence-electron chi connectivity index (χ1n) is 6.03. The van der Waals surface area contributed by atoms with Crippen molar-refractivity contribution in [3.63, 3.8) is 0 Å². The fourth-order valence-corrected chi connectivity index (χ4v) is 2.58. The van der Waals surface area contributed by atoms with E-state index in [-0.39, 0.29) is 17.5 Å². The highest BCUT2D eigenvalue weighted by Gasteiger charge is 2.10. The van der Waals surface area contributed by atoms with E-state index in [0.717, 1.165) is 18.4 Å². The highest BCUT2D eigenvalue weighted by Crippen LogP contribution is 2.14. The molecule has 1 unspecified atom stereocenters. The Kier molecular flexibility index (Phi) is 5.75. The van der Waals surface area contributed by atoms with Crippen molar-refractivity contribution in [3.05, 3.63) is 35.6 Å². The minimum Gasteiger partial charge on any atom is -0.330 e. The summed E-state index contributed by atoms with van der Waals surface area (Å²) in [5.74, 6) is 0.199. The summed E-state index contributed by atoms with van der Waals surface area (Å²) < 4.78 is 34.8. The third-order valence-corrected chi connectivity index (χ3v) is 3.93. The zero-order valence-electron chi connectivity index (χ0n) is 10.6. The normalized spacial score (nSPS) is 13.5. The van der Waals surface area contributed by atoms with Gasteiger partial charge in [-0.3, -0.25) is 0 Å². The Morgan fingerprint density at radius 1 is 1.28 bits per heavy atom. The van der Waals surface area contributed by atoms with Gasteiger partial charge in [-0.25, -0.2) is 12.8 Å². The Morgan fingerprint density at radius 3 is 2.39 bits per heavy atom. The third-order valence-electron chi connectivity index (χ3n) is 2.90. The van der Waals surface area contributed by atoms with Crippen LogP contribution < -0.4 is 5.73 Å². The van der Waals surface area contributed by atoms with Crippen LogP contribution in [0.2, 0.25) is 0 Å². The highest BCUT2D eigenvalue weighted by atomic mass is 32.2. The molecule has 0 saturated heterocycles. The zero-order valence-corrected chi connectivity index (χ0v) is 11.4. The van der Waals surface area contributed by atoms with Gasteiger partial charge >= 0.3 is 0 Å². The summed E-state index contributed by atoms with van der Waals surface area (Å²) in [6, 6.07) is 6.35. The molecule has 1 aromatic carbocycles. The van der Waals surface area contributed by atoms with E-state index in [0.29, 0.717) is 13.0 Å². The van der Waals surface area contributed by atoms with E-state index in [1.54, 1.807) is 12.1 Å². The van der Waals surface area contributed by atoms with Gasteiger partial charge in [0.1, 0.15) is 15.7 Å². The molecule has 0 radical (unpaired) electrons. The average Bonchev–Trinajstić information content (AvgIpc) is 2.29. The van der Waals surface area contributed by atoms with Gasteiger partial charge in [0, 0.05) is 12.0 Å². The van der Waals surface area contributed by atoms with E-state index in [2.05, 4.69) is 0 Å². The lowest BCUT2D eigenvalue weighted by atomic mass is 9.95. The van der Waals surface area contributed by atoms with E-state index in [1.165, 1.54) is 18.4 Å². The summed E-state index contributed by atoms with van der Waals surface area (Å²) in [5, 5.41) is 0. The predicted octanol–water partition coefficient (Wildman–Crippen LogP) is 1.77. The van der Waals surface area contributed by atoms with Crippen LogP contribution in [-0.4, -0.2) is 27.0 Å². The van der Waals surface area contributed by atoms with Crippen molar-refractivity contribution in [3.8, 4) is 0 Å². The number of sulfone groups is 1. The molecule has 0 heterocycles. The summed E-state index contributed by atoms with van der Waals surface area (Å²) in [4.78, 5) is 0. The lowest BCUT2D eigenvalue weighted by Crippen LogP contribution is -2.18. The van der Waals surface area contributed by atoms with Crippen molar-refractivity contribution >= 4 is 9.84 Å². The van der Waals surface area contributed by atoms with Crippen molar-refractivity contribution in [1.82, 2.24) is 0 Å². The number of halogens is 1. The maximum atomic E-state index is 12.7. The minimum absolute atomic E-state index is 0.201. The quantitative estimate of drug-likeness (QED) is 0.823. The van der Waals surface area contributed by atoms with Crippen molar-refractivity contribution in [2.75, 3.05) is 18.6 Å². The first-order chi connectivity index (χ1) is 8.40. The maximum absolute atomic E-state index is 12.7. The molecule has 2 N–H and O–H groups in total. The second-order valence-electron chi connectivity index (χ2n) is 4.70. The number of hydrogen-bond acceptors (Lipinski definition) is 3. The topological polar surface area (TPSA) is 60.2 Å². The van der Waals surface area contributed by atoms with Crippen LogP contribution in [0.1, 0.15) is 18.4 Å². The molecule has 0 saturated carbocycles. The summed E-state index contributed by atoms with van der Waals surface area (Å²) in [6.45, 7) is 0.515. The van der Waals surface area contributed by atoms with Gasteiger partial charge in [0.25, 0.3) is 0 Å². The molecular weight excluding hydrogens is 253 g/mol. The van der Waals surface area contributed by atoms with Crippen molar-refractivity contribution in [2.45, 2.75) is 19.3 Å². The van der Waals surface area contributed by atoms with Gasteiger partial charge in [0.2, 0.25) is 0 Å². The van der Waals surface area contributed by atoms with Gasteiger partial charge in [-0.05, 0) is 49.4 Å². The summed E-state index contributed by atoms with van der Waals surface area (Å²) in [7, 11) is -2.90. The molecule has 0 amide bonds. The molecule has 1 atom stereocenters. The Bertz CT molecular complexity index is 456. The standard InChI is InChI=1S/C13H20FNO2S/c1-18(16,17)8-2-3-12(10-15)9-11-4-6-13(14)7-5-11/h4-7,12H,2-3,8-10,15H2,1H3. The van der Waals surface area contributed by atoms with Crippen molar-refractivity contribution in [1.29, 1.82) is 0 Å². The highest BCUT2D eigenvalue weighted by molar-refractivity contribution is 7.90. The van der Waals surface area contributed by atoms with Gasteiger partial charge in [0.05, 0.1) is 0 Å². The molecule has 0 aliphatic rings. The molecule has 18 heavy (non-hydrogen) atoms.